The maximum atomic E-state index is 5.64. The van der Waals surface area contributed by atoms with Crippen LogP contribution in [0.1, 0.15) is 16.7 Å². The van der Waals surface area contributed by atoms with Gasteiger partial charge in [0.05, 0.1) is 6.61 Å². The number of aryl methyl sites for hydroxylation is 2. The number of fused-ring (bicyclic) bond motifs is 1. The van der Waals surface area contributed by atoms with Crippen LogP contribution in [0.3, 0.4) is 0 Å². The fourth-order valence-corrected chi connectivity index (χ4v) is 2.70. The zero-order valence-corrected chi connectivity index (χ0v) is 10.3. The van der Waals surface area contributed by atoms with E-state index in [4.69, 9.17) is 4.74 Å². The third kappa shape index (κ3) is 1.62. The lowest BCUT2D eigenvalue weighted by molar-refractivity contribution is 0.357. The normalized spacial score (nSPS) is 13.3. The second-order valence-corrected chi connectivity index (χ2v) is 4.65. The maximum absolute atomic E-state index is 5.64. The first-order chi connectivity index (χ1) is 8.27. The van der Waals surface area contributed by atoms with Crippen LogP contribution < -0.4 is 4.74 Å². The summed E-state index contributed by atoms with van der Waals surface area (Å²) in [6.07, 6.45) is 1.03. The van der Waals surface area contributed by atoms with E-state index < -0.39 is 0 Å². The van der Waals surface area contributed by atoms with E-state index in [1.54, 1.807) is 0 Å². The largest absolute Gasteiger partial charge is 0.493 e. The molecule has 0 atom stereocenters. The molecule has 0 unspecified atom stereocenters. The molecule has 1 aliphatic heterocycles. The van der Waals surface area contributed by atoms with Crippen molar-refractivity contribution >= 4 is 0 Å². The molecule has 1 heterocycles. The van der Waals surface area contributed by atoms with E-state index in [-0.39, 0.29) is 0 Å². The van der Waals surface area contributed by atoms with Crippen molar-refractivity contribution in [2.75, 3.05) is 6.61 Å². The Morgan fingerprint density at radius 3 is 2.41 bits per heavy atom. The summed E-state index contributed by atoms with van der Waals surface area (Å²) in [5.74, 6) is 1.06. The van der Waals surface area contributed by atoms with Crippen LogP contribution in [0.4, 0.5) is 0 Å². The lowest BCUT2D eigenvalue weighted by Crippen LogP contribution is -1.92. The SMILES string of the molecule is Cc1cccc(C)c1-c1cccc2c1CCO2. The van der Waals surface area contributed by atoms with Crippen LogP contribution in [0.5, 0.6) is 5.75 Å². The van der Waals surface area contributed by atoms with Gasteiger partial charge in [-0.1, -0.05) is 30.3 Å². The fourth-order valence-electron chi connectivity index (χ4n) is 2.70. The minimum atomic E-state index is 0.817. The van der Waals surface area contributed by atoms with Gasteiger partial charge in [-0.25, -0.2) is 0 Å². The highest BCUT2D eigenvalue weighted by Crippen LogP contribution is 2.37. The molecule has 1 aliphatic rings. The molecule has 17 heavy (non-hydrogen) atoms. The average Bonchev–Trinajstić information content (AvgIpc) is 2.77. The minimum absolute atomic E-state index is 0.817. The van der Waals surface area contributed by atoms with Gasteiger partial charge >= 0.3 is 0 Å². The molecule has 2 aromatic carbocycles. The molecule has 0 aromatic heterocycles. The Hall–Kier alpha value is -1.76. The highest BCUT2D eigenvalue weighted by Gasteiger charge is 2.18. The van der Waals surface area contributed by atoms with E-state index in [1.807, 2.05) is 0 Å². The molecule has 0 bridgehead atoms. The van der Waals surface area contributed by atoms with Gasteiger partial charge in [-0.15, -0.1) is 0 Å². The zero-order chi connectivity index (χ0) is 11.8. The van der Waals surface area contributed by atoms with Gasteiger partial charge in [0.2, 0.25) is 0 Å². The van der Waals surface area contributed by atoms with Crippen LogP contribution in [0, 0.1) is 13.8 Å². The average molecular weight is 224 g/mol. The number of hydrogen-bond donors (Lipinski definition) is 0. The molecular weight excluding hydrogens is 208 g/mol. The van der Waals surface area contributed by atoms with E-state index in [0.29, 0.717) is 0 Å². The first-order valence-corrected chi connectivity index (χ1v) is 6.08. The third-order valence-corrected chi connectivity index (χ3v) is 3.49. The van der Waals surface area contributed by atoms with Crippen LogP contribution in [0.2, 0.25) is 0 Å². The van der Waals surface area contributed by atoms with Gasteiger partial charge in [0, 0.05) is 12.0 Å². The van der Waals surface area contributed by atoms with Gasteiger partial charge in [0.15, 0.2) is 0 Å². The molecule has 0 fully saturated rings. The smallest absolute Gasteiger partial charge is 0.123 e. The van der Waals surface area contributed by atoms with Crippen molar-refractivity contribution in [3.05, 3.63) is 53.1 Å². The van der Waals surface area contributed by atoms with Crippen molar-refractivity contribution < 1.29 is 4.74 Å². The number of rotatable bonds is 1. The van der Waals surface area contributed by atoms with Gasteiger partial charge in [0.25, 0.3) is 0 Å². The Morgan fingerprint density at radius 2 is 1.65 bits per heavy atom. The van der Waals surface area contributed by atoms with Crippen molar-refractivity contribution in [1.82, 2.24) is 0 Å². The van der Waals surface area contributed by atoms with Crippen molar-refractivity contribution in [3.8, 4) is 16.9 Å². The summed E-state index contributed by atoms with van der Waals surface area (Å²) in [6, 6.07) is 12.8. The molecule has 1 heteroatoms. The molecule has 0 saturated carbocycles. The molecule has 0 aliphatic carbocycles. The summed E-state index contributed by atoms with van der Waals surface area (Å²) in [5.41, 5.74) is 6.76. The van der Waals surface area contributed by atoms with Crippen molar-refractivity contribution in [2.24, 2.45) is 0 Å². The van der Waals surface area contributed by atoms with Gasteiger partial charge in [0.1, 0.15) is 5.75 Å². The van der Waals surface area contributed by atoms with Crippen LogP contribution in [0.15, 0.2) is 36.4 Å². The second kappa shape index (κ2) is 3.92. The molecule has 0 N–H and O–H groups in total. The fraction of sp³-hybridized carbons (Fsp3) is 0.250. The number of hydrogen-bond acceptors (Lipinski definition) is 1. The Balaban J connectivity index is 2.26. The Kier molecular flexibility index (Phi) is 2.40. The molecule has 1 nitrogen and oxygen atoms in total. The zero-order valence-electron chi connectivity index (χ0n) is 10.3. The van der Waals surface area contributed by atoms with Crippen molar-refractivity contribution in [1.29, 1.82) is 0 Å². The lowest BCUT2D eigenvalue weighted by atomic mass is 9.91. The molecule has 2 aromatic rings. The molecule has 0 radical (unpaired) electrons. The first kappa shape index (κ1) is 10.4. The molecule has 0 saturated heterocycles. The Morgan fingerprint density at radius 1 is 0.941 bits per heavy atom. The van der Waals surface area contributed by atoms with Gasteiger partial charge in [-0.3, -0.25) is 0 Å². The Bertz CT molecular complexity index is 549. The van der Waals surface area contributed by atoms with Crippen LogP contribution in [-0.2, 0) is 6.42 Å². The summed E-state index contributed by atoms with van der Waals surface area (Å²) < 4.78 is 5.64. The van der Waals surface area contributed by atoms with E-state index >= 15 is 0 Å². The third-order valence-electron chi connectivity index (χ3n) is 3.49. The van der Waals surface area contributed by atoms with E-state index in [1.165, 1.54) is 27.8 Å². The second-order valence-electron chi connectivity index (χ2n) is 4.65. The minimum Gasteiger partial charge on any atom is -0.493 e. The predicted molar refractivity (Wildman–Crippen MR) is 70.6 cm³/mol. The van der Waals surface area contributed by atoms with Crippen LogP contribution in [-0.4, -0.2) is 6.61 Å². The predicted octanol–water partition coefficient (Wildman–Crippen LogP) is 3.91. The highest BCUT2D eigenvalue weighted by atomic mass is 16.5. The Labute approximate surface area is 102 Å². The first-order valence-electron chi connectivity index (χ1n) is 6.08. The molecular formula is C16H16O. The van der Waals surface area contributed by atoms with Crippen molar-refractivity contribution in [3.63, 3.8) is 0 Å². The van der Waals surface area contributed by atoms with E-state index in [0.717, 1.165) is 18.8 Å². The summed E-state index contributed by atoms with van der Waals surface area (Å²) >= 11 is 0. The van der Waals surface area contributed by atoms with Gasteiger partial charge in [-0.2, -0.15) is 0 Å². The van der Waals surface area contributed by atoms with Gasteiger partial charge < -0.3 is 4.74 Å². The quantitative estimate of drug-likeness (QED) is 0.713. The topological polar surface area (TPSA) is 9.23 Å². The summed E-state index contributed by atoms with van der Waals surface area (Å²) in [6.45, 7) is 5.17. The molecule has 0 amide bonds. The van der Waals surface area contributed by atoms with Crippen LogP contribution >= 0.6 is 0 Å². The lowest BCUT2D eigenvalue weighted by Gasteiger charge is -2.13. The molecule has 86 valence electrons. The summed E-state index contributed by atoms with van der Waals surface area (Å²) in [4.78, 5) is 0. The van der Waals surface area contributed by atoms with E-state index in [2.05, 4.69) is 50.2 Å². The van der Waals surface area contributed by atoms with Gasteiger partial charge in [-0.05, 0) is 42.2 Å². The maximum Gasteiger partial charge on any atom is 0.123 e. The number of ether oxygens (including phenoxy) is 1. The summed E-state index contributed by atoms with van der Waals surface area (Å²) in [7, 11) is 0. The van der Waals surface area contributed by atoms with Crippen molar-refractivity contribution in [2.45, 2.75) is 20.3 Å². The van der Waals surface area contributed by atoms with E-state index in [9.17, 15) is 0 Å². The molecule has 3 rings (SSSR count). The van der Waals surface area contributed by atoms with Crippen LogP contribution in [0.25, 0.3) is 11.1 Å². The summed E-state index contributed by atoms with van der Waals surface area (Å²) in [5, 5.41) is 0. The monoisotopic (exact) mass is 224 g/mol. The molecule has 0 spiro atoms. The number of benzene rings is 2. The highest BCUT2D eigenvalue weighted by molar-refractivity contribution is 5.76. The standard InChI is InChI=1S/C16H16O/c1-11-5-3-6-12(2)16(11)14-7-4-8-15-13(14)9-10-17-15/h3-8H,9-10H2,1-2H3.